The molecule has 1 amide bonds. The van der Waals surface area contributed by atoms with Crippen molar-refractivity contribution >= 4 is 17.3 Å². The molecule has 0 aliphatic carbocycles. The predicted octanol–water partition coefficient (Wildman–Crippen LogP) is 1.53. The van der Waals surface area contributed by atoms with E-state index in [1.54, 1.807) is 0 Å². The van der Waals surface area contributed by atoms with Gasteiger partial charge in [-0.15, -0.1) is 0 Å². The number of benzene rings is 1. The Labute approximate surface area is 110 Å². The van der Waals surface area contributed by atoms with E-state index in [4.69, 9.17) is 10.5 Å². The molecule has 0 heterocycles. The number of hydrogen-bond acceptors (Lipinski definition) is 5. The number of anilines is 1. The van der Waals surface area contributed by atoms with E-state index in [0.717, 1.165) is 0 Å². The van der Waals surface area contributed by atoms with Gasteiger partial charge in [-0.1, -0.05) is 6.92 Å². The molecule has 1 atom stereocenters. The molecule has 1 rings (SSSR count). The molecule has 0 spiro atoms. The smallest absolute Gasteiger partial charge is 0.271 e. The van der Waals surface area contributed by atoms with Crippen LogP contribution < -0.4 is 15.8 Å². The standard InChI is InChI=1S/C12H17N3O4/c1-3-8(7-13)12(16)14-10-6-9(15(17)18)4-5-11(10)19-2/h4-6,8H,3,7,13H2,1-2H3,(H,14,16). The molecular weight excluding hydrogens is 250 g/mol. The fourth-order valence-corrected chi connectivity index (χ4v) is 1.60. The van der Waals surface area contributed by atoms with Crippen molar-refractivity contribution in [1.82, 2.24) is 0 Å². The first-order valence-electron chi connectivity index (χ1n) is 5.86. The summed E-state index contributed by atoms with van der Waals surface area (Å²) >= 11 is 0. The topological polar surface area (TPSA) is 107 Å². The Morgan fingerprint density at radius 2 is 2.26 bits per heavy atom. The fourth-order valence-electron chi connectivity index (χ4n) is 1.60. The molecule has 1 aromatic carbocycles. The van der Waals surface area contributed by atoms with Gasteiger partial charge in [-0.05, 0) is 12.5 Å². The first-order chi connectivity index (χ1) is 9.03. The van der Waals surface area contributed by atoms with Gasteiger partial charge in [0.05, 0.1) is 23.6 Å². The van der Waals surface area contributed by atoms with Crippen molar-refractivity contribution in [3.05, 3.63) is 28.3 Å². The van der Waals surface area contributed by atoms with Crippen LogP contribution in [0.15, 0.2) is 18.2 Å². The lowest BCUT2D eigenvalue weighted by atomic mass is 10.1. The van der Waals surface area contributed by atoms with Crippen LogP contribution in [-0.2, 0) is 4.79 Å². The summed E-state index contributed by atoms with van der Waals surface area (Å²) in [5, 5.41) is 13.3. The molecule has 7 nitrogen and oxygen atoms in total. The van der Waals surface area contributed by atoms with Crippen LogP contribution in [-0.4, -0.2) is 24.5 Å². The van der Waals surface area contributed by atoms with Gasteiger partial charge in [0.15, 0.2) is 0 Å². The molecule has 0 aliphatic heterocycles. The molecule has 0 saturated carbocycles. The van der Waals surface area contributed by atoms with Gasteiger partial charge in [0.25, 0.3) is 5.69 Å². The van der Waals surface area contributed by atoms with Crippen LogP contribution in [0.3, 0.4) is 0 Å². The van der Waals surface area contributed by atoms with Gasteiger partial charge in [-0.25, -0.2) is 0 Å². The summed E-state index contributed by atoms with van der Waals surface area (Å²) in [6, 6.07) is 4.02. The number of nitrogens with zero attached hydrogens (tertiary/aromatic N) is 1. The minimum absolute atomic E-state index is 0.114. The predicted molar refractivity (Wildman–Crippen MR) is 71.1 cm³/mol. The summed E-state index contributed by atoms with van der Waals surface area (Å²) in [5.41, 5.74) is 5.64. The number of carbonyl (C=O) groups excluding carboxylic acids is 1. The maximum atomic E-state index is 11.9. The summed E-state index contributed by atoms with van der Waals surface area (Å²) in [4.78, 5) is 22.1. The zero-order valence-electron chi connectivity index (χ0n) is 10.9. The van der Waals surface area contributed by atoms with Crippen LogP contribution in [0.2, 0.25) is 0 Å². The number of nitrogens with two attached hydrogens (primary N) is 1. The molecule has 0 fully saturated rings. The first-order valence-corrected chi connectivity index (χ1v) is 5.86. The number of nitro groups is 1. The van der Waals surface area contributed by atoms with E-state index in [0.29, 0.717) is 12.2 Å². The zero-order chi connectivity index (χ0) is 14.4. The lowest BCUT2D eigenvalue weighted by molar-refractivity contribution is -0.384. The molecule has 19 heavy (non-hydrogen) atoms. The summed E-state index contributed by atoms with van der Waals surface area (Å²) in [6.07, 6.45) is 0.597. The van der Waals surface area contributed by atoms with E-state index < -0.39 is 4.92 Å². The third-order valence-electron chi connectivity index (χ3n) is 2.80. The fraction of sp³-hybridized carbons (Fsp3) is 0.417. The highest BCUT2D eigenvalue weighted by molar-refractivity contribution is 5.94. The molecule has 7 heteroatoms. The van der Waals surface area contributed by atoms with Crippen LogP contribution in [0.25, 0.3) is 0 Å². The van der Waals surface area contributed by atoms with Crippen LogP contribution in [0, 0.1) is 16.0 Å². The van der Waals surface area contributed by atoms with Crippen LogP contribution in [0.5, 0.6) is 5.75 Å². The average molecular weight is 267 g/mol. The Morgan fingerprint density at radius 3 is 2.74 bits per heavy atom. The Bertz CT molecular complexity index is 472. The van der Waals surface area contributed by atoms with E-state index in [9.17, 15) is 14.9 Å². The Kier molecular flexibility index (Phi) is 5.25. The molecule has 0 aromatic heterocycles. The van der Waals surface area contributed by atoms with Crippen LogP contribution in [0.1, 0.15) is 13.3 Å². The number of carbonyl (C=O) groups is 1. The molecule has 0 radical (unpaired) electrons. The van der Waals surface area contributed by atoms with Crippen molar-refractivity contribution in [3.63, 3.8) is 0 Å². The quantitative estimate of drug-likeness (QED) is 0.600. The molecule has 104 valence electrons. The molecule has 1 aromatic rings. The van der Waals surface area contributed by atoms with Crippen molar-refractivity contribution in [1.29, 1.82) is 0 Å². The number of methoxy groups -OCH3 is 1. The van der Waals surface area contributed by atoms with Crippen LogP contribution >= 0.6 is 0 Å². The third-order valence-corrected chi connectivity index (χ3v) is 2.80. The highest BCUT2D eigenvalue weighted by Crippen LogP contribution is 2.29. The van der Waals surface area contributed by atoms with Crippen molar-refractivity contribution in [2.75, 3.05) is 19.0 Å². The first kappa shape index (κ1) is 14.9. The highest BCUT2D eigenvalue weighted by atomic mass is 16.6. The van der Waals surface area contributed by atoms with Gasteiger partial charge < -0.3 is 15.8 Å². The minimum Gasteiger partial charge on any atom is -0.495 e. The Balaban J connectivity index is 3.00. The summed E-state index contributed by atoms with van der Waals surface area (Å²) in [5.74, 6) is -0.237. The van der Waals surface area contributed by atoms with Gasteiger partial charge in [0.1, 0.15) is 5.75 Å². The number of rotatable bonds is 6. The number of hydrogen-bond donors (Lipinski definition) is 2. The van der Waals surface area contributed by atoms with Crippen molar-refractivity contribution in [2.24, 2.45) is 11.7 Å². The number of amides is 1. The minimum atomic E-state index is -0.532. The second-order valence-electron chi connectivity index (χ2n) is 3.97. The average Bonchev–Trinajstić information content (AvgIpc) is 2.39. The SMILES string of the molecule is CCC(CN)C(=O)Nc1cc([N+](=O)[O-])ccc1OC. The van der Waals surface area contributed by atoms with Crippen LogP contribution in [0.4, 0.5) is 11.4 Å². The van der Waals surface area contributed by atoms with Crippen molar-refractivity contribution in [2.45, 2.75) is 13.3 Å². The summed E-state index contributed by atoms with van der Waals surface area (Å²) in [6.45, 7) is 2.07. The number of ether oxygens (including phenoxy) is 1. The maximum Gasteiger partial charge on any atom is 0.271 e. The summed E-state index contributed by atoms with van der Waals surface area (Å²) < 4.78 is 5.06. The second-order valence-corrected chi connectivity index (χ2v) is 3.97. The van der Waals surface area contributed by atoms with Crippen molar-refractivity contribution < 1.29 is 14.5 Å². The van der Waals surface area contributed by atoms with Gasteiger partial charge in [0, 0.05) is 18.7 Å². The molecule has 1 unspecified atom stereocenters. The van der Waals surface area contributed by atoms with Gasteiger partial charge in [-0.2, -0.15) is 0 Å². The monoisotopic (exact) mass is 267 g/mol. The van der Waals surface area contributed by atoms with E-state index >= 15 is 0 Å². The van der Waals surface area contributed by atoms with E-state index in [1.165, 1.54) is 25.3 Å². The zero-order valence-corrected chi connectivity index (χ0v) is 10.9. The number of nitrogens with one attached hydrogen (secondary N) is 1. The molecule has 3 N–H and O–H groups in total. The molecule has 0 saturated heterocycles. The third kappa shape index (κ3) is 3.65. The second kappa shape index (κ2) is 6.69. The lowest BCUT2D eigenvalue weighted by Gasteiger charge is -2.14. The van der Waals surface area contributed by atoms with E-state index in [-0.39, 0.29) is 29.7 Å². The molecule has 0 bridgehead atoms. The van der Waals surface area contributed by atoms with Gasteiger partial charge in [-0.3, -0.25) is 14.9 Å². The van der Waals surface area contributed by atoms with E-state index in [2.05, 4.69) is 5.32 Å². The molecular formula is C12H17N3O4. The van der Waals surface area contributed by atoms with Crippen molar-refractivity contribution in [3.8, 4) is 5.75 Å². The van der Waals surface area contributed by atoms with E-state index in [1.807, 2.05) is 6.92 Å². The normalized spacial score (nSPS) is 11.7. The largest absolute Gasteiger partial charge is 0.495 e. The number of non-ortho nitro benzene ring substituents is 1. The van der Waals surface area contributed by atoms with Gasteiger partial charge in [0.2, 0.25) is 5.91 Å². The maximum absolute atomic E-state index is 11.9. The molecule has 0 aliphatic rings. The number of nitro benzene ring substituents is 1. The highest BCUT2D eigenvalue weighted by Gasteiger charge is 2.18. The Morgan fingerprint density at radius 1 is 1.58 bits per heavy atom. The lowest BCUT2D eigenvalue weighted by Crippen LogP contribution is -2.28. The Hall–Kier alpha value is -2.15. The summed E-state index contributed by atoms with van der Waals surface area (Å²) in [7, 11) is 1.43. The van der Waals surface area contributed by atoms with Gasteiger partial charge >= 0.3 is 0 Å².